The Balaban J connectivity index is 1.72. The predicted molar refractivity (Wildman–Crippen MR) is 109 cm³/mol. The van der Waals surface area contributed by atoms with E-state index in [1.54, 1.807) is 0 Å². The van der Waals surface area contributed by atoms with Crippen LogP contribution in [0.25, 0.3) is 0 Å². The summed E-state index contributed by atoms with van der Waals surface area (Å²) in [5, 5.41) is 0.810. The van der Waals surface area contributed by atoms with Crippen LogP contribution in [0.3, 0.4) is 0 Å². The standard InChI is InChI=1S/C23H25ClN2/c1-2-18-9-11-20(12-10-18)23-22-8-4-13-25(22)14-5-15-26(23)17-19-6-3-7-21(24)16-19/h3-4,6-13,16,23H,2,5,14-15,17H2,1H3. The zero-order valence-electron chi connectivity index (χ0n) is 15.2. The summed E-state index contributed by atoms with van der Waals surface area (Å²) in [5.74, 6) is 0. The second-order valence-electron chi connectivity index (χ2n) is 7.08. The minimum absolute atomic E-state index is 0.275. The van der Waals surface area contributed by atoms with E-state index in [0.717, 1.165) is 37.5 Å². The van der Waals surface area contributed by atoms with Crippen LogP contribution in [0.5, 0.6) is 0 Å². The first kappa shape index (κ1) is 17.4. The van der Waals surface area contributed by atoms with Crippen molar-refractivity contribution >= 4 is 11.6 Å². The maximum absolute atomic E-state index is 6.22. The molecule has 26 heavy (non-hydrogen) atoms. The fourth-order valence-corrected chi connectivity index (χ4v) is 4.21. The Morgan fingerprint density at radius 2 is 1.81 bits per heavy atom. The number of nitrogens with zero attached hydrogens (tertiary/aromatic N) is 2. The van der Waals surface area contributed by atoms with Gasteiger partial charge in [0.2, 0.25) is 0 Å². The lowest BCUT2D eigenvalue weighted by molar-refractivity contribution is 0.220. The highest BCUT2D eigenvalue weighted by Crippen LogP contribution is 2.33. The molecule has 1 unspecified atom stereocenters. The van der Waals surface area contributed by atoms with Crippen LogP contribution in [-0.2, 0) is 19.5 Å². The van der Waals surface area contributed by atoms with Gasteiger partial charge in [-0.25, -0.2) is 0 Å². The van der Waals surface area contributed by atoms with E-state index in [-0.39, 0.29) is 6.04 Å². The van der Waals surface area contributed by atoms with Crippen molar-refractivity contribution in [2.24, 2.45) is 0 Å². The molecule has 0 bridgehead atoms. The van der Waals surface area contributed by atoms with E-state index in [1.165, 1.54) is 22.4 Å². The van der Waals surface area contributed by atoms with Gasteiger partial charge in [0.15, 0.2) is 0 Å². The topological polar surface area (TPSA) is 8.17 Å². The molecule has 0 spiro atoms. The number of aromatic nitrogens is 1. The Labute approximate surface area is 161 Å². The normalized spacial score (nSPS) is 17.7. The third kappa shape index (κ3) is 3.58. The third-order valence-electron chi connectivity index (χ3n) is 5.33. The van der Waals surface area contributed by atoms with E-state index < -0.39 is 0 Å². The summed E-state index contributed by atoms with van der Waals surface area (Å²) in [4.78, 5) is 2.59. The third-order valence-corrected chi connectivity index (χ3v) is 5.57. The largest absolute Gasteiger partial charge is 0.350 e. The van der Waals surface area contributed by atoms with Gasteiger partial charge in [-0.15, -0.1) is 0 Å². The van der Waals surface area contributed by atoms with Gasteiger partial charge in [-0.3, -0.25) is 4.90 Å². The summed E-state index contributed by atoms with van der Waals surface area (Å²) in [5.41, 5.74) is 5.41. The van der Waals surface area contributed by atoms with Crippen LogP contribution >= 0.6 is 11.6 Å². The average molecular weight is 365 g/mol. The fourth-order valence-electron chi connectivity index (χ4n) is 4.00. The maximum atomic E-state index is 6.22. The Kier molecular flexibility index (Phi) is 5.14. The second kappa shape index (κ2) is 7.69. The number of hydrogen-bond acceptors (Lipinski definition) is 1. The van der Waals surface area contributed by atoms with Gasteiger partial charge < -0.3 is 4.57 Å². The first-order chi connectivity index (χ1) is 12.7. The molecule has 3 aromatic rings. The molecule has 0 aliphatic carbocycles. The summed E-state index contributed by atoms with van der Waals surface area (Å²) < 4.78 is 2.41. The van der Waals surface area contributed by atoms with E-state index in [9.17, 15) is 0 Å². The van der Waals surface area contributed by atoms with Gasteiger partial charge in [-0.1, -0.05) is 54.9 Å². The van der Waals surface area contributed by atoms with Gasteiger partial charge in [0, 0.05) is 36.5 Å². The van der Waals surface area contributed by atoms with E-state index >= 15 is 0 Å². The van der Waals surface area contributed by atoms with Crippen LogP contribution in [0.15, 0.2) is 66.9 Å². The zero-order valence-corrected chi connectivity index (χ0v) is 16.0. The number of halogens is 1. The van der Waals surface area contributed by atoms with Crippen LogP contribution in [0.2, 0.25) is 5.02 Å². The number of hydrogen-bond donors (Lipinski definition) is 0. The summed E-state index contributed by atoms with van der Waals surface area (Å²) in [7, 11) is 0. The molecule has 1 aliphatic rings. The van der Waals surface area contributed by atoms with E-state index in [2.05, 4.69) is 71.1 Å². The Hall–Kier alpha value is -2.03. The van der Waals surface area contributed by atoms with Crippen molar-refractivity contribution < 1.29 is 0 Å². The minimum atomic E-state index is 0.275. The number of rotatable bonds is 4. The zero-order chi connectivity index (χ0) is 17.9. The van der Waals surface area contributed by atoms with Gasteiger partial charge in [-0.05, 0) is 53.8 Å². The molecule has 0 N–H and O–H groups in total. The van der Waals surface area contributed by atoms with Crippen molar-refractivity contribution in [2.45, 2.75) is 38.9 Å². The van der Waals surface area contributed by atoms with E-state index in [0.29, 0.717) is 0 Å². The molecule has 4 rings (SSSR count). The smallest absolute Gasteiger partial charge is 0.0759 e. The average Bonchev–Trinajstić information content (AvgIpc) is 3.04. The fraction of sp³-hybridized carbons (Fsp3) is 0.304. The van der Waals surface area contributed by atoms with Crippen LogP contribution in [0, 0.1) is 0 Å². The SMILES string of the molecule is CCc1ccc(C2c3cccn3CCCN2Cc2cccc(Cl)c2)cc1. The molecule has 0 saturated heterocycles. The van der Waals surface area contributed by atoms with E-state index in [1.807, 2.05) is 12.1 Å². The Morgan fingerprint density at radius 3 is 2.58 bits per heavy atom. The molecular weight excluding hydrogens is 340 g/mol. The highest BCUT2D eigenvalue weighted by molar-refractivity contribution is 6.30. The number of aryl methyl sites for hydroxylation is 2. The molecule has 2 heterocycles. The van der Waals surface area contributed by atoms with Crippen LogP contribution in [0.1, 0.15) is 41.8 Å². The molecule has 0 saturated carbocycles. The van der Waals surface area contributed by atoms with Crippen LogP contribution in [-0.4, -0.2) is 16.0 Å². The molecular formula is C23H25ClN2. The molecule has 3 heteroatoms. The van der Waals surface area contributed by atoms with Crippen molar-refractivity contribution in [1.82, 2.24) is 9.47 Å². The lowest BCUT2D eigenvalue weighted by Gasteiger charge is -2.31. The van der Waals surface area contributed by atoms with Gasteiger partial charge in [0.05, 0.1) is 6.04 Å². The minimum Gasteiger partial charge on any atom is -0.350 e. The van der Waals surface area contributed by atoms with Gasteiger partial charge >= 0.3 is 0 Å². The first-order valence-corrected chi connectivity index (χ1v) is 9.85. The van der Waals surface area contributed by atoms with Crippen LogP contribution < -0.4 is 0 Å². The monoisotopic (exact) mass is 364 g/mol. The highest BCUT2D eigenvalue weighted by Gasteiger charge is 2.27. The Morgan fingerprint density at radius 1 is 0.962 bits per heavy atom. The molecule has 1 atom stereocenters. The predicted octanol–water partition coefficient (Wildman–Crippen LogP) is 5.70. The van der Waals surface area contributed by atoms with Gasteiger partial charge in [0.1, 0.15) is 0 Å². The molecule has 0 radical (unpaired) electrons. The quantitative estimate of drug-likeness (QED) is 0.576. The summed E-state index contributed by atoms with van der Waals surface area (Å²) in [6.45, 7) is 5.27. The lowest BCUT2D eigenvalue weighted by Crippen LogP contribution is -2.29. The molecule has 2 nitrogen and oxygen atoms in total. The first-order valence-electron chi connectivity index (χ1n) is 9.47. The highest BCUT2D eigenvalue weighted by atomic mass is 35.5. The molecule has 0 fully saturated rings. The van der Waals surface area contributed by atoms with E-state index in [4.69, 9.17) is 11.6 Å². The molecule has 1 aliphatic heterocycles. The van der Waals surface area contributed by atoms with Crippen molar-refractivity contribution in [3.05, 3.63) is 94.3 Å². The van der Waals surface area contributed by atoms with Crippen molar-refractivity contribution in [2.75, 3.05) is 6.54 Å². The second-order valence-corrected chi connectivity index (χ2v) is 7.51. The molecule has 134 valence electrons. The molecule has 2 aromatic carbocycles. The summed E-state index contributed by atoms with van der Waals surface area (Å²) in [6.07, 6.45) is 4.45. The summed E-state index contributed by atoms with van der Waals surface area (Å²) >= 11 is 6.22. The lowest BCUT2D eigenvalue weighted by atomic mass is 9.99. The number of benzene rings is 2. The van der Waals surface area contributed by atoms with Gasteiger partial charge in [0.25, 0.3) is 0 Å². The van der Waals surface area contributed by atoms with Crippen molar-refractivity contribution in [3.8, 4) is 0 Å². The maximum Gasteiger partial charge on any atom is 0.0759 e. The van der Waals surface area contributed by atoms with Crippen LogP contribution in [0.4, 0.5) is 0 Å². The van der Waals surface area contributed by atoms with Crippen molar-refractivity contribution in [1.29, 1.82) is 0 Å². The molecule has 0 amide bonds. The summed E-state index contributed by atoms with van der Waals surface area (Å²) in [6, 6.07) is 22.1. The molecule has 1 aromatic heterocycles. The van der Waals surface area contributed by atoms with Crippen molar-refractivity contribution in [3.63, 3.8) is 0 Å². The number of fused-ring (bicyclic) bond motifs is 1. The Bertz CT molecular complexity index is 866. The van der Waals surface area contributed by atoms with Gasteiger partial charge in [-0.2, -0.15) is 0 Å².